The lowest BCUT2D eigenvalue weighted by Gasteiger charge is -2.25. The molecule has 2 atom stereocenters. The first-order valence-electron chi connectivity index (χ1n) is 11.9. The van der Waals surface area contributed by atoms with Gasteiger partial charge in [-0.3, -0.25) is 28.9 Å². The van der Waals surface area contributed by atoms with Gasteiger partial charge in [0.2, 0.25) is 17.7 Å². The number of nitrogens with zero attached hydrogens (tertiary/aromatic N) is 2. The average Bonchev–Trinajstić information content (AvgIpc) is 2.99. The zero-order valence-electron chi connectivity index (χ0n) is 21.1. The van der Waals surface area contributed by atoms with E-state index < -0.39 is 36.3 Å². The van der Waals surface area contributed by atoms with Gasteiger partial charge in [0.05, 0.1) is 34.0 Å². The predicted octanol–water partition coefficient (Wildman–Crippen LogP) is 2.55. The smallest absolute Gasteiger partial charge is 0.251 e. The monoisotopic (exact) mass is 572 g/mol. The third kappa shape index (κ3) is 7.75. The number of amides is 4. The Morgan fingerprint density at radius 3 is 2.36 bits per heavy atom. The molecule has 2 N–H and O–H groups in total. The van der Waals surface area contributed by atoms with Gasteiger partial charge in [0.1, 0.15) is 24.7 Å². The molecule has 2 aromatic carbocycles. The second-order valence-electron chi connectivity index (χ2n) is 8.83. The number of rotatable bonds is 9. The quantitative estimate of drug-likeness (QED) is 0.350. The first-order chi connectivity index (χ1) is 18.5. The molecular weight excluding hydrogens is 547 g/mol. The van der Waals surface area contributed by atoms with Crippen LogP contribution in [0.1, 0.15) is 25.8 Å². The number of carbonyl (C=O) groups is 6. The normalized spacial score (nSPS) is 15.8. The summed E-state index contributed by atoms with van der Waals surface area (Å²) in [5.74, 6) is -2.64. The molecule has 0 radical (unpaired) electrons. The highest BCUT2D eigenvalue weighted by Gasteiger charge is 2.36. The number of hydrogen-bond acceptors (Lipinski definition) is 6. The molecule has 0 saturated carbocycles. The van der Waals surface area contributed by atoms with Gasteiger partial charge in [-0.05, 0) is 42.8 Å². The molecule has 204 valence electrons. The maximum absolute atomic E-state index is 13.7. The standard InChI is InChI=1S/C27H26Cl2N4O6/c1-16(35)11-19(15-34)30-26(38)14-33-24-6-4-3-5-23(24)32(17(2)36)13-22(27(33)39)31-25(37)10-8-18-7-9-20(28)21(29)12-18/h3-10,12,15,19,22H,11,13-14H2,1-2H3,(H,30,38)(H,31,37)/b10-8+/t19-,22?/m0/s1. The summed E-state index contributed by atoms with van der Waals surface area (Å²) < 4.78 is 0. The highest BCUT2D eigenvalue weighted by Crippen LogP contribution is 2.33. The maximum Gasteiger partial charge on any atom is 0.251 e. The van der Waals surface area contributed by atoms with Crippen molar-refractivity contribution in [1.82, 2.24) is 10.6 Å². The summed E-state index contributed by atoms with van der Waals surface area (Å²) in [6.07, 6.45) is 2.94. The Hall–Kier alpha value is -4.02. The molecule has 4 amide bonds. The molecular formula is C27H26Cl2N4O6. The lowest BCUT2D eigenvalue weighted by molar-refractivity contribution is -0.128. The van der Waals surface area contributed by atoms with Crippen molar-refractivity contribution in [2.24, 2.45) is 0 Å². The van der Waals surface area contributed by atoms with Gasteiger partial charge >= 0.3 is 0 Å². The molecule has 39 heavy (non-hydrogen) atoms. The third-order valence-electron chi connectivity index (χ3n) is 5.78. The van der Waals surface area contributed by atoms with Crippen molar-refractivity contribution in [3.63, 3.8) is 0 Å². The second-order valence-corrected chi connectivity index (χ2v) is 9.64. The van der Waals surface area contributed by atoms with Gasteiger partial charge in [0, 0.05) is 19.4 Å². The van der Waals surface area contributed by atoms with Crippen LogP contribution in [-0.2, 0) is 28.8 Å². The minimum atomic E-state index is -1.21. The lowest BCUT2D eigenvalue weighted by Crippen LogP contribution is -2.54. The molecule has 0 saturated heterocycles. The van der Waals surface area contributed by atoms with Crippen LogP contribution in [0.4, 0.5) is 11.4 Å². The lowest BCUT2D eigenvalue weighted by atomic mass is 10.1. The Bertz CT molecular complexity index is 1350. The van der Waals surface area contributed by atoms with E-state index in [0.29, 0.717) is 27.6 Å². The Morgan fingerprint density at radius 1 is 1.05 bits per heavy atom. The molecule has 0 spiro atoms. The number of benzene rings is 2. The summed E-state index contributed by atoms with van der Waals surface area (Å²) in [6.45, 7) is 1.91. The van der Waals surface area contributed by atoms with Crippen molar-refractivity contribution in [3.8, 4) is 0 Å². The van der Waals surface area contributed by atoms with E-state index in [1.165, 1.54) is 30.9 Å². The fraction of sp³-hybridized carbons (Fsp3) is 0.259. The zero-order chi connectivity index (χ0) is 28.7. The number of Topliss-reactive ketones (excluding diaryl/α,β-unsaturated/α-hetero) is 1. The largest absolute Gasteiger partial charge is 0.345 e. The number of carbonyl (C=O) groups excluding carboxylic acids is 6. The number of hydrogen-bond donors (Lipinski definition) is 2. The Balaban J connectivity index is 1.88. The number of aldehydes is 1. The van der Waals surface area contributed by atoms with Crippen LogP contribution in [0.15, 0.2) is 48.5 Å². The number of fused-ring (bicyclic) bond motifs is 1. The summed E-state index contributed by atoms with van der Waals surface area (Å²) >= 11 is 11.9. The summed E-state index contributed by atoms with van der Waals surface area (Å²) in [7, 11) is 0. The van der Waals surface area contributed by atoms with Crippen LogP contribution in [0, 0.1) is 0 Å². The number of ketones is 1. The number of anilines is 2. The molecule has 1 unspecified atom stereocenters. The van der Waals surface area contributed by atoms with Gasteiger partial charge in [-0.25, -0.2) is 0 Å². The molecule has 1 aliphatic heterocycles. The van der Waals surface area contributed by atoms with Crippen LogP contribution in [-0.4, -0.2) is 60.9 Å². The van der Waals surface area contributed by atoms with E-state index in [2.05, 4.69) is 10.6 Å². The topological polar surface area (TPSA) is 133 Å². The van der Waals surface area contributed by atoms with E-state index >= 15 is 0 Å². The number of halogens is 2. The van der Waals surface area contributed by atoms with Crippen molar-refractivity contribution < 1.29 is 28.8 Å². The Labute approximate surface area is 234 Å². The molecule has 1 heterocycles. The van der Waals surface area contributed by atoms with Crippen molar-refractivity contribution >= 4 is 76.4 Å². The summed E-state index contributed by atoms with van der Waals surface area (Å²) in [6, 6.07) is 9.03. The number of nitrogens with one attached hydrogen (secondary N) is 2. The van der Waals surface area contributed by atoms with Gasteiger partial charge in [0.15, 0.2) is 0 Å². The molecule has 12 heteroatoms. The fourth-order valence-corrected chi connectivity index (χ4v) is 4.31. The molecule has 2 aromatic rings. The predicted molar refractivity (Wildman–Crippen MR) is 148 cm³/mol. The first kappa shape index (κ1) is 29.5. The van der Waals surface area contributed by atoms with Crippen LogP contribution in [0.3, 0.4) is 0 Å². The van der Waals surface area contributed by atoms with Crippen molar-refractivity contribution in [2.45, 2.75) is 32.4 Å². The van der Waals surface area contributed by atoms with Crippen molar-refractivity contribution in [3.05, 3.63) is 64.1 Å². The molecule has 0 aromatic heterocycles. The summed E-state index contributed by atoms with van der Waals surface area (Å²) in [4.78, 5) is 77.0. The van der Waals surface area contributed by atoms with Crippen molar-refractivity contribution in [1.29, 1.82) is 0 Å². The summed E-state index contributed by atoms with van der Waals surface area (Å²) in [5, 5.41) is 5.70. The molecule has 3 rings (SSSR count). The average molecular weight is 573 g/mol. The van der Waals surface area contributed by atoms with Crippen LogP contribution in [0.25, 0.3) is 6.08 Å². The number of para-hydroxylation sites is 2. The van der Waals surface area contributed by atoms with Crippen LogP contribution in [0.2, 0.25) is 10.0 Å². The zero-order valence-corrected chi connectivity index (χ0v) is 22.7. The van der Waals surface area contributed by atoms with Crippen LogP contribution in [0.5, 0.6) is 0 Å². The van der Waals surface area contributed by atoms with Crippen LogP contribution >= 0.6 is 23.2 Å². The van der Waals surface area contributed by atoms with Crippen LogP contribution < -0.4 is 20.4 Å². The van der Waals surface area contributed by atoms with Gasteiger partial charge in [-0.2, -0.15) is 0 Å². The fourth-order valence-electron chi connectivity index (χ4n) is 4.00. The van der Waals surface area contributed by atoms with E-state index in [1.807, 2.05) is 0 Å². The van der Waals surface area contributed by atoms with E-state index in [9.17, 15) is 28.8 Å². The minimum Gasteiger partial charge on any atom is -0.345 e. The molecule has 1 aliphatic rings. The summed E-state index contributed by atoms with van der Waals surface area (Å²) in [5.41, 5.74) is 1.23. The SMILES string of the molecule is CC(=O)C[C@@H](C=O)NC(=O)CN1C(=O)C(NC(=O)/C=C/c2ccc(Cl)c(Cl)c2)CN(C(C)=O)c2ccccc21. The molecule has 0 fully saturated rings. The highest BCUT2D eigenvalue weighted by atomic mass is 35.5. The Kier molecular flexibility index (Phi) is 9.97. The van der Waals surface area contributed by atoms with Gasteiger partial charge < -0.3 is 20.3 Å². The van der Waals surface area contributed by atoms with E-state index in [1.54, 1.807) is 42.5 Å². The van der Waals surface area contributed by atoms with Crippen molar-refractivity contribution in [2.75, 3.05) is 22.9 Å². The van der Waals surface area contributed by atoms with Gasteiger partial charge in [-0.15, -0.1) is 0 Å². The third-order valence-corrected chi connectivity index (χ3v) is 6.52. The Morgan fingerprint density at radius 2 is 1.74 bits per heavy atom. The van der Waals surface area contributed by atoms with Gasteiger partial charge in [-0.1, -0.05) is 41.4 Å². The first-order valence-corrected chi connectivity index (χ1v) is 12.6. The maximum atomic E-state index is 13.7. The minimum absolute atomic E-state index is 0.184. The highest BCUT2D eigenvalue weighted by molar-refractivity contribution is 6.42. The molecule has 10 nitrogen and oxygen atoms in total. The molecule has 0 bridgehead atoms. The van der Waals surface area contributed by atoms with E-state index in [-0.39, 0.29) is 30.3 Å². The molecule has 0 aliphatic carbocycles. The second kappa shape index (κ2) is 13.2. The van der Waals surface area contributed by atoms with E-state index in [4.69, 9.17) is 23.2 Å². The van der Waals surface area contributed by atoms with E-state index in [0.717, 1.165) is 4.90 Å². The van der Waals surface area contributed by atoms with Gasteiger partial charge in [0.25, 0.3) is 5.91 Å².